The second-order valence-electron chi connectivity index (χ2n) is 4.12. The standard InChI is InChI=1S/C13H17N5S/c1-4-5-16-12-9(2)13(18-10(3)17-12)19-11-8-14-6-7-15-11/h6-8H,4-5H2,1-3H3,(H,16,17,18). The molecular formula is C13H17N5S. The summed E-state index contributed by atoms with van der Waals surface area (Å²) in [7, 11) is 0. The third-order valence-corrected chi connectivity index (χ3v) is 3.51. The SMILES string of the molecule is CCCNc1nc(C)nc(Sc2cnccn2)c1C. The number of anilines is 1. The Morgan fingerprint density at radius 1 is 1.21 bits per heavy atom. The van der Waals surface area contributed by atoms with Gasteiger partial charge in [0.2, 0.25) is 0 Å². The quantitative estimate of drug-likeness (QED) is 0.847. The van der Waals surface area contributed by atoms with Crippen LogP contribution in [0.4, 0.5) is 5.82 Å². The van der Waals surface area contributed by atoms with Crippen molar-refractivity contribution in [3.63, 3.8) is 0 Å². The Morgan fingerprint density at radius 2 is 2.05 bits per heavy atom. The molecule has 0 unspecified atom stereocenters. The summed E-state index contributed by atoms with van der Waals surface area (Å²) in [6.07, 6.45) is 6.15. The molecule has 0 atom stereocenters. The van der Waals surface area contributed by atoms with E-state index in [-0.39, 0.29) is 0 Å². The van der Waals surface area contributed by atoms with E-state index in [0.29, 0.717) is 0 Å². The van der Waals surface area contributed by atoms with Crippen LogP contribution in [-0.2, 0) is 0 Å². The maximum atomic E-state index is 4.48. The molecule has 19 heavy (non-hydrogen) atoms. The molecule has 2 heterocycles. The van der Waals surface area contributed by atoms with E-state index < -0.39 is 0 Å². The number of aryl methyl sites for hydroxylation is 1. The van der Waals surface area contributed by atoms with Crippen LogP contribution in [0, 0.1) is 13.8 Å². The van der Waals surface area contributed by atoms with E-state index in [4.69, 9.17) is 0 Å². The number of nitrogens with zero attached hydrogens (tertiary/aromatic N) is 4. The Labute approximate surface area is 117 Å². The van der Waals surface area contributed by atoms with Crippen LogP contribution in [0.2, 0.25) is 0 Å². The first-order valence-corrected chi connectivity index (χ1v) is 7.05. The van der Waals surface area contributed by atoms with Crippen molar-refractivity contribution in [3.05, 3.63) is 30.0 Å². The van der Waals surface area contributed by atoms with E-state index in [1.807, 2.05) is 13.8 Å². The molecular weight excluding hydrogens is 258 g/mol. The molecule has 0 aromatic carbocycles. The number of hydrogen-bond donors (Lipinski definition) is 1. The van der Waals surface area contributed by atoms with Gasteiger partial charge in [0.05, 0.1) is 6.20 Å². The second-order valence-corrected chi connectivity index (χ2v) is 5.13. The number of aromatic nitrogens is 4. The van der Waals surface area contributed by atoms with Gasteiger partial charge in [-0.15, -0.1) is 0 Å². The second kappa shape index (κ2) is 6.47. The maximum absolute atomic E-state index is 4.48. The zero-order chi connectivity index (χ0) is 13.7. The van der Waals surface area contributed by atoms with Crippen molar-refractivity contribution in [2.45, 2.75) is 37.2 Å². The van der Waals surface area contributed by atoms with Gasteiger partial charge in [-0.1, -0.05) is 6.92 Å². The van der Waals surface area contributed by atoms with Gasteiger partial charge in [0.1, 0.15) is 21.7 Å². The first kappa shape index (κ1) is 13.7. The number of nitrogens with one attached hydrogen (secondary N) is 1. The van der Waals surface area contributed by atoms with Crippen LogP contribution in [0.25, 0.3) is 0 Å². The van der Waals surface area contributed by atoms with Crippen LogP contribution in [0.5, 0.6) is 0 Å². The van der Waals surface area contributed by atoms with Crippen molar-refractivity contribution < 1.29 is 0 Å². The molecule has 5 nitrogen and oxygen atoms in total. The highest BCUT2D eigenvalue weighted by Crippen LogP contribution is 2.29. The summed E-state index contributed by atoms with van der Waals surface area (Å²) in [5, 5.41) is 5.09. The first-order chi connectivity index (χ1) is 9.20. The minimum Gasteiger partial charge on any atom is -0.370 e. The summed E-state index contributed by atoms with van der Waals surface area (Å²) < 4.78 is 0. The Kier molecular flexibility index (Phi) is 4.68. The molecule has 6 heteroatoms. The third-order valence-electron chi connectivity index (χ3n) is 2.50. The zero-order valence-electron chi connectivity index (χ0n) is 11.3. The topological polar surface area (TPSA) is 63.6 Å². The van der Waals surface area contributed by atoms with Gasteiger partial charge in [0.25, 0.3) is 0 Å². The summed E-state index contributed by atoms with van der Waals surface area (Å²) in [6.45, 7) is 6.96. The summed E-state index contributed by atoms with van der Waals surface area (Å²) in [5.74, 6) is 1.66. The molecule has 2 aromatic rings. The third kappa shape index (κ3) is 3.64. The molecule has 0 fully saturated rings. The lowest BCUT2D eigenvalue weighted by atomic mass is 10.3. The van der Waals surface area contributed by atoms with Gasteiger partial charge in [0, 0.05) is 24.5 Å². The van der Waals surface area contributed by atoms with Crippen molar-refractivity contribution in [1.29, 1.82) is 0 Å². The fourth-order valence-electron chi connectivity index (χ4n) is 1.55. The molecule has 0 saturated heterocycles. The van der Waals surface area contributed by atoms with Gasteiger partial charge in [-0.3, -0.25) is 4.98 Å². The van der Waals surface area contributed by atoms with E-state index in [1.54, 1.807) is 18.6 Å². The van der Waals surface area contributed by atoms with Crippen molar-refractivity contribution in [1.82, 2.24) is 19.9 Å². The van der Waals surface area contributed by atoms with Gasteiger partial charge in [0.15, 0.2) is 0 Å². The zero-order valence-corrected chi connectivity index (χ0v) is 12.2. The summed E-state index contributed by atoms with van der Waals surface area (Å²) in [5.41, 5.74) is 1.05. The Balaban J connectivity index is 2.27. The van der Waals surface area contributed by atoms with Crippen molar-refractivity contribution in [3.8, 4) is 0 Å². The summed E-state index contributed by atoms with van der Waals surface area (Å²) in [4.78, 5) is 17.2. The lowest BCUT2D eigenvalue weighted by Gasteiger charge is -2.11. The van der Waals surface area contributed by atoms with E-state index in [2.05, 4.69) is 32.2 Å². The smallest absolute Gasteiger partial charge is 0.133 e. The van der Waals surface area contributed by atoms with Crippen LogP contribution in [0.3, 0.4) is 0 Å². The van der Waals surface area contributed by atoms with Crippen molar-refractivity contribution in [2.24, 2.45) is 0 Å². The fourth-order valence-corrected chi connectivity index (χ4v) is 2.41. The molecule has 2 aromatic heterocycles. The molecule has 1 N–H and O–H groups in total. The molecule has 0 amide bonds. The highest BCUT2D eigenvalue weighted by molar-refractivity contribution is 7.99. The molecule has 100 valence electrons. The van der Waals surface area contributed by atoms with Crippen LogP contribution in [0.1, 0.15) is 24.7 Å². The van der Waals surface area contributed by atoms with Crippen LogP contribution < -0.4 is 5.32 Å². The molecule has 0 aliphatic heterocycles. The van der Waals surface area contributed by atoms with Crippen LogP contribution >= 0.6 is 11.8 Å². The molecule has 0 spiro atoms. The Bertz CT molecular complexity index is 544. The Morgan fingerprint density at radius 3 is 2.74 bits per heavy atom. The van der Waals surface area contributed by atoms with Gasteiger partial charge in [-0.25, -0.2) is 15.0 Å². The monoisotopic (exact) mass is 275 g/mol. The molecule has 0 aliphatic carbocycles. The largest absolute Gasteiger partial charge is 0.370 e. The fraction of sp³-hybridized carbons (Fsp3) is 0.385. The molecule has 2 rings (SSSR count). The van der Waals surface area contributed by atoms with E-state index in [0.717, 1.165) is 40.2 Å². The lowest BCUT2D eigenvalue weighted by Crippen LogP contribution is -2.07. The van der Waals surface area contributed by atoms with Crippen molar-refractivity contribution in [2.75, 3.05) is 11.9 Å². The number of rotatable bonds is 5. The minimum atomic E-state index is 0.760. The van der Waals surface area contributed by atoms with Gasteiger partial charge in [-0.05, 0) is 32.0 Å². The van der Waals surface area contributed by atoms with E-state index in [9.17, 15) is 0 Å². The summed E-state index contributed by atoms with van der Waals surface area (Å²) >= 11 is 1.51. The normalized spacial score (nSPS) is 10.5. The first-order valence-electron chi connectivity index (χ1n) is 6.23. The van der Waals surface area contributed by atoms with Crippen LogP contribution in [0.15, 0.2) is 28.6 Å². The predicted molar refractivity (Wildman–Crippen MR) is 76.4 cm³/mol. The average molecular weight is 275 g/mol. The maximum Gasteiger partial charge on any atom is 0.133 e. The van der Waals surface area contributed by atoms with Gasteiger partial charge < -0.3 is 5.32 Å². The van der Waals surface area contributed by atoms with E-state index in [1.165, 1.54) is 11.8 Å². The minimum absolute atomic E-state index is 0.760. The average Bonchev–Trinajstić information content (AvgIpc) is 2.42. The molecule has 0 saturated carbocycles. The lowest BCUT2D eigenvalue weighted by molar-refractivity contribution is 0.906. The number of hydrogen-bond acceptors (Lipinski definition) is 6. The van der Waals surface area contributed by atoms with Crippen molar-refractivity contribution >= 4 is 17.6 Å². The Hall–Kier alpha value is -1.69. The van der Waals surface area contributed by atoms with E-state index >= 15 is 0 Å². The summed E-state index contributed by atoms with van der Waals surface area (Å²) in [6, 6.07) is 0. The highest BCUT2D eigenvalue weighted by atomic mass is 32.2. The van der Waals surface area contributed by atoms with Gasteiger partial charge in [-0.2, -0.15) is 0 Å². The van der Waals surface area contributed by atoms with Crippen LogP contribution in [-0.4, -0.2) is 26.5 Å². The predicted octanol–water partition coefficient (Wildman–Crippen LogP) is 2.86. The molecule has 0 aliphatic rings. The highest BCUT2D eigenvalue weighted by Gasteiger charge is 2.10. The molecule has 0 bridgehead atoms. The molecule has 0 radical (unpaired) electrons. The van der Waals surface area contributed by atoms with Gasteiger partial charge >= 0.3 is 0 Å².